The molecule has 0 radical (unpaired) electrons. The van der Waals surface area contributed by atoms with Crippen LogP contribution in [0.5, 0.6) is 0 Å². The SMILES string of the molecule is C=CC(=O)NC1Cc2nc(Br)ccc2N(c2ccc(C(F)(F)F)cc2)C1. The minimum absolute atomic E-state index is 0.239. The largest absolute Gasteiger partial charge is 0.416 e. The highest BCUT2D eigenvalue weighted by molar-refractivity contribution is 9.10. The minimum atomic E-state index is -4.38. The normalized spacial score (nSPS) is 16.8. The molecule has 1 aromatic heterocycles. The third-order valence-corrected chi connectivity index (χ3v) is 4.53. The second-order valence-electron chi connectivity index (χ2n) is 5.87. The molecule has 0 spiro atoms. The molecule has 0 saturated heterocycles. The van der Waals surface area contributed by atoms with Gasteiger partial charge in [-0.25, -0.2) is 4.98 Å². The maximum atomic E-state index is 12.8. The van der Waals surface area contributed by atoms with E-state index >= 15 is 0 Å². The summed E-state index contributed by atoms with van der Waals surface area (Å²) < 4.78 is 39.1. The number of alkyl halides is 3. The van der Waals surface area contributed by atoms with Gasteiger partial charge in [0, 0.05) is 18.7 Å². The van der Waals surface area contributed by atoms with Crippen LogP contribution in [-0.2, 0) is 17.4 Å². The third-order valence-electron chi connectivity index (χ3n) is 4.09. The fourth-order valence-corrected chi connectivity index (χ4v) is 3.26. The van der Waals surface area contributed by atoms with Gasteiger partial charge in [-0.3, -0.25) is 4.79 Å². The fraction of sp³-hybridized carbons (Fsp3) is 0.222. The predicted molar refractivity (Wildman–Crippen MR) is 96.2 cm³/mol. The highest BCUT2D eigenvalue weighted by atomic mass is 79.9. The Labute approximate surface area is 156 Å². The second kappa shape index (κ2) is 7.11. The van der Waals surface area contributed by atoms with E-state index in [-0.39, 0.29) is 11.9 Å². The Morgan fingerprint density at radius 2 is 1.96 bits per heavy atom. The number of hydrogen-bond acceptors (Lipinski definition) is 3. The lowest BCUT2D eigenvalue weighted by molar-refractivity contribution is -0.137. The average Bonchev–Trinajstić information content (AvgIpc) is 2.60. The Morgan fingerprint density at radius 3 is 2.58 bits per heavy atom. The molecule has 1 aromatic carbocycles. The molecule has 0 saturated carbocycles. The number of aromatic nitrogens is 1. The zero-order chi connectivity index (χ0) is 18.9. The van der Waals surface area contributed by atoms with Crippen LogP contribution >= 0.6 is 15.9 Å². The van der Waals surface area contributed by atoms with Crippen LogP contribution in [0.25, 0.3) is 0 Å². The van der Waals surface area contributed by atoms with Gasteiger partial charge in [0.25, 0.3) is 0 Å². The lowest BCUT2D eigenvalue weighted by atomic mass is 10.0. The number of nitrogens with one attached hydrogen (secondary N) is 1. The third kappa shape index (κ3) is 3.90. The molecule has 8 heteroatoms. The van der Waals surface area contributed by atoms with Crippen molar-refractivity contribution in [2.24, 2.45) is 0 Å². The summed E-state index contributed by atoms with van der Waals surface area (Å²) in [7, 11) is 0. The molecule has 1 aliphatic heterocycles. The number of benzene rings is 1. The molecule has 1 N–H and O–H groups in total. The van der Waals surface area contributed by atoms with E-state index in [4.69, 9.17) is 0 Å². The summed E-state index contributed by atoms with van der Waals surface area (Å²) in [5.74, 6) is -0.305. The first-order chi connectivity index (χ1) is 12.3. The van der Waals surface area contributed by atoms with Crippen molar-refractivity contribution in [1.82, 2.24) is 10.3 Å². The molecule has 1 amide bonds. The van der Waals surface area contributed by atoms with Crippen molar-refractivity contribution >= 4 is 33.2 Å². The Morgan fingerprint density at radius 1 is 1.27 bits per heavy atom. The van der Waals surface area contributed by atoms with E-state index in [0.717, 1.165) is 23.5 Å². The number of carbonyl (C=O) groups is 1. The van der Waals surface area contributed by atoms with E-state index < -0.39 is 11.7 Å². The van der Waals surface area contributed by atoms with Crippen molar-refractivity contribution < 1.29 is 18.0 Å². The smallest absolute Gasteiger partial charge is 0.348 e. The van der Waals surface area contributed by atoms with Gasteiger partial charge in [0.2, 0.25) is 5.91 Å². The van der Waals surface area contributed by atoms with Gasteiger partial charge in [-0.05, 0) is 58.4 Å². The van der Waals surface area contributed by atoms with Crippen LogP contribution in [0, 0.1) is 0 Å². The zero-order valence-electron chi connectivity index (χ0n) is 13.6. The summed E-state index contributed by atoms with van der Waals surface area (Å²) in [6.45, 7) is 3.86. The number of halogens is 4. The Balaban J connectivity index is 1.96. The van der Waals surface area contributed by atoms with Crippen LogP contribution < -0.4 is 10.2 Å². The monoisotopic (exact) mass is 425 g/mol. The van der Waals surface area contributed by atoms with Gasteiger partial charge in [0.1, 0.15) is 4.60 Å². The molecular weight excluding hydrogens is 411 g/mol. The van der Waals surface area contributed by atoms with Crippen LogP contribution in [0.1, 0.15) is 11.3 Å². The van der Waals surface area contributed by atoms with Gasteiger partial charge >= 0.3 is 6.18 Å². The molecule has 2 aromatic rings. The van der Waals surface area contributed by atoms with E-state index in [9.17, 15) is 18.0 Å². The van der Waals surface area contributed by atoms with Crippen molar-refractivity contribution in [1.29, 1.82) is 0 Å². The summed E-state index contributed by atoms with van der Waals surface area (Å²) in [6, 6.07) is 8.34. The van der Waals surface area contributed by atoms with Crippen molar-refractivity contribution in [3.8, 4) is 0 Å². The van der Waals surface area contributed by atoms with Crippen molar-refractivity contribution in [3.05, 3.63) is 64.9 Å². The van der Waals surface area contributed by atoms with Crippen molar-refractivity contribution in [2.45, 2.75) is 18.6 Å². The number of amides is 1. The average molecular weight is 426 g/mol. The Kier molecular flexibility index (Phi) is 5.04. The molecular formula is C18H15BrF3N3O. The second-order valence-corrected chi connectivity index (χ2v) is 6.68. The molecule has 0 bridgehead atoms. The van der Waals surface area contributed by atoms with Crippen LogP contribution in [-0.4, -0.2) is 23.5 Å². The topological polar surface area (TPSA) is 45.2 Å². The summed E-state index contributed by atoms with van der Waals surface area (Å²) in [6.07, 6.45) is -2.68. The van der Waals surface area contributed by atoms with E-state index in [1.54, 1.807) is 6.07 Å². The molecule has 26 heavy (non-hydrogen) atoms. The molecule has 0 aliphatic carbocycles. The van der Waals surface area contributed by atoms with E-state index in [1.807, 2.05) is 11.0 Å². The number of nitrogens with zero attached hydrogens (tertiary/aromatic N) is 2. The van der Waals surface area contributed by atoms with Gasteiger partial charge < -0.3 is 10.2 Å². The molecule has 1 aliphatic rings. The van der Waals surface area contributed by atoms with Crippen molar-refractivity contribution in [2.75, 3.05) is 11.4 Å². The van der Waals surface area contributed by atoms with E-state index in [0.29, 0.717) is 23.3 Å². The molecule has 3 rings (SSSR count). The van der Waals surface area contributed by atoms with Gasteiger partial charge in [0.05, 0.1) is 23.0 Å². The van der Waals surface area contributed by atoms with Crippen LogP contribution in [0.15, 0.2) is 53.7 Å². The number of hydrogen-bond donors (Lipinski definition) is 1. The van der Waals surface area contributed by atoms with E-state index in [2.05, 4.69) is 32.8 Å². The highest BCUT2D eigenvalue weighted by Gasteiger charge is 2.31. The standard InChI is InChI=1S/C18H15BrF3N3O/c1-2-17(26)23-12-9-14-15(7-8-16(19)24-14)25(10-12)13-5-3-11(4-6-13)18(20,21)22/h2-8,12H,1,9-10H2,(H,23,26). The summed E-state index contributed by atoms with van der Waals surface area (Å²) in [5, 5.41) is 2.83. The predicted octanol–water partition coefficient (Wildman–Crippen LogP) is 4.23. The molecule has 136 valence electrons. The minimum Gasteiger partial charge on any atom is -0.348 e. The summed E-state index contributed by atoms with van der Waals surface area (Å²) in [5.41, 5.74) is 1.45. The quantitative estimate of drug-likeness (QED) is 0.591. The summed E-state index contributed by atoms with van der Waals surface area (Å²) >= 11 is 3.32. The molecule has 4 nitrogen and oxygen atoms in total. The van der Waals surface area contributed by atoms with Gasteiger partial charge in [0.15, 0.2) is 0 Å². The molecule has 1 atom stereocenters. The maximum Gasteiger partial charge on any atom is 0.416 e. The molecule has 1 unspecified atom stereocenters. The first-order valence-corrected chi connectivity index (χ1v) is 8.60. The first kappa shape index (κ1) is 18.4. The Hall–Kier alpha value is -2.35. The number of anilines is 2. The Bertz CT molecular complexity index is 837. The number of rotatable bonds is 3. The van der Waals surface area contributed by atoms with Gasteiger partial charge in [-0.2, -0.15) is 13.2 Å². The number of carbonyl (C=O) groups excluding carboxylic acids is 1. The lowest BCUT2D eigenvalue weighted by Gasteiger charge is -2.36. The number of pyridine rings is 1. The van der Waals surface area contributed by atoms with Crippen molar-refractivity contribution in [3.63, 3.8) is 0 Å². The first-order valence-electron chi connectivity index (χ1n) is 7.81. The number of fused-ring (bicyclic) bond motifs is 1. The van der Waals surface area contributed by atoms with Crippen LogP contribution in [0.2, 0.25) is 0 Å². The van der Waals surface area contributed by atoms with E-state index in [1.165, 1.54) is 18.2 Å². The molecule has 0 fully saturated rings. The highest BCUT2D eigenvalue weighted by Crippen LogP contribution is 2.36. The van der Waals surface area contributed by atoms with Gasteiger partial charge in [-0.15, -0.1) is 0 Å². The maximum absolute atomic E-state index is 12.8. The van der Waals surface area contributed by atoms with Crippen LogP contribution in [0.4, 0.5) is 24.5 Å². The van der Waals surface area contributed by atoms with Crippen LogP contribution in [0.3, 0.4) is 0 Å². The van der Waals surface area contributed by atoms with Gasteiger partial charge in [-0.1, -0.05) is 6.58 Å². The zero-order valence-corrected chi connectivity index (χ0v) is 15.1. The lowest BCUT2D eigenvalue weighted by Crippen LogP contribution is -2.46. The fourth-order valence-electron chi connectivity index (χ4n) is 2.91. The summed E-state index contributed by atoms with van der Waals surface area (Å²) in [4.78, 5) is 18.0. The molecule has 2 heterocycles.